The van der Waals surface area contributed by atoms with Gasteiger partial charge < -0.3 is 4.98 Å². The Bertz CT molecular complexity index is 497. The molecule has 2 aromatic rings. The van der Waals surface area contributed by atoms with Gasteiger partial charge in [0.05, 0.1) is 6.20 Å². The number of nitrogens with one attached hydrogen (secondary N) is 2. The Morgan fingerprint density at radius 2 is 2.40 bits per heavy atom. The van der Waals surface area contributed by atoms with Crippen LogP contribution in [0.2, 0.25) is 0 Å². The molecule has 0 radical (unpaired) electrons. The summed E-state index contributed by atoms with van der Waals surface area (Å²) in [6.07, 6.45) is 2.97. The third-order valence-corrected chi connectivity index (χ3v) is 1.78. The lowest BCUT2D eigenvalue weighted by Gasteiger charge is -1.98. The number of aromatic nitrogens is 4. The van der Waals surface area contributed by atoms with Crippen molar-refractivity contribution in [2.75, 3.05) is 5.32 Å². The van der Waals surface area contributed by atoms with Gasteiger partial charge in [0.1, 0.15) is 11.8 Å². The third-order valence-electron chi connectivity index (χ3n) is 1.78. The quantitative estimate of drug-likeness (QED) is 0.709. The van der Waals surface area contributed by atoms with E-state index in [4.69, 9.17) is 0 Å². The third kappa shape index (κ3) is 1.83. The van der Waals surface area contributed by atoms with E-state index < -0.39 is 0 Å². The molecule has 0 unspecified atom stereocenters. The first kappa shape index (κ1) is 9.32. The number of hydrogen-bond donors (Lipinski definition) is 2. The van der Waals surface area contributed by atoms with Crippen molar-refractivity contribution in [1.82, 2.24) is 19.9 Å². The molecular weight excluding hydrogens is 194 g/mol. The van der Waals surface area contributed by atoms with Crippen LogP contribution < -0.4 is 5.32 Å². The average Bonchev–Trinajstić information content (AvgIpc) is 2.59. The number of anilines is 1. The Kier molecular flexibility index (Phi) is 2.17. The molecule has 2 heterocycles. The van der Waals surface area contributed by atoms with Crippen molar-refractivity contribution in [2.24, 2.45) is 0 Å². The molecule has 0 saturated carbocycles. The summed E-state index contributed by atoms with van der Waals surface area (Å²) in [6.45, 7) is 5.15. The highest BCUT2D eigenvalue weighted by Crippen LogP contribution is 2.09. The van der Waals surface area contributed by atoms with Crippen LogP contribution in [0.4, 0.5) is 5.95 Å². The van der Waals surface area contributed by atoms with Gasteiger partial charge in [-0.25, -0.2) is 15.0 Å². The van der Waals surface area contributed by atoms with E-state index in [1.165, 1.54) is 6.33 Å². The van der Waals surface area contributed by atoms with Crippen molar-refractivity contribution < 1.29 is 4.79 Å². The Morgan fingerprint density at radius 3 is 3.07 bits per heavy atom. The number of fused-ring (bicyclic) bond motifs is 1. The Hall–Kier alpha value is -2.24. The van der Waals surface area contributed by atoms with Crippen LogP contribution in [0.15, 0.2) is 24.7 Å². The summed E-state index contributed by atoms with van der Waals surface area (Å²) in [6, 6.07) is 0. The number of aromatic amines is 1. The number of imidazole rings is 1. The minimum absolute atomic E-state index is 0.276. The van der Waals surface area contributed by atoms with Crippen LogP contribution in [0.5, 0.6) is 0 Å². The topological polar surface area (TPSA) is 83.6 Å². The summed E-state index contributed by atoms with van der Waals surface area (Å²) in [5, 5.41) is 2.56. The second-order valence-corrected chi connectivity index (χ2v) is 3.08. The monoisotopic (exact) mass is 203 g/mol. The molecule has 6 nitrogen and oxygen atoms in total. The lowest BCUT2D eigenvalue weighted by Crippen LogP contribution is -2.12. The fraction of sp³-hybridized carbons (Fsp3) is 0.111. The zero-order valence-corrected chi connectivity index (χ0v) is 8.11. The summed E-state index contributed by atoms with van der Waals surface area (Å²) in [5.41, 5.74) is 1.61. The molecule has 0 aliphatic carbocycles. The zero-order chi connectivity index (χ0) is 10.8. The molecule has 15 heavy (non-hydrogen) atoms. The van der Waals surface area contributed by atoms with Crippen molar-refractivity contribution in [2.45, 2.75) is 6.92 Å². The Balaban J connectivity index is 2.30. The van der Waals surface area contributed by atoms with Crippen LogP contribution in [0, 0.1) is 0 Å². The maximum Gasteiger partial charge on any atom is 0.253 e. The summed E-state index contributed by atoms with van der Waals surface area (Å²) >= 11 is 0. The minimum Gasteiger partial charge on any atom is -0.308 e. The van der Waals surface area contributed by atoms with Crippen LogP contribution in [0.1, 0.15) is 6.92 Å². The van der Waals surface area contributed by atoms with Crippen molar-refractivity contribution in [3.05, 3.63) is 24.7 Å². The van der Waals surface area contributed by atoms with Crippen LogP contribution >= 0.6 is 0 Å². The molecule has 0 fully saturated rings. The van der Waals surface area contributed by atoms with E-state index in [9.17, 15) is 4.79 Å². The number of H-pyrrole nitrogens is 1. The fourth-order valence-electron chi connectivity index (χ4n) is 1.03. The number of rotatable bonds is 2. The SMILES string of the molecule is C=C(C)C(=O)Nc1nc2cncnc2[nH]1. The largest absolute Gasteiger partial charge is 0.308 e. The van der Waals surface area contributed by atoms with Gasteiger partial charge in [-0.3, -0.25) is 10.1 Å². The Labute approximate surface area is 85.5 Å². The smallest absolute Gasteiger partial charge is 0.253 e. The molecule has 76 valence electrons. The first-order chi connectivity index (χ1) is 7.16. The number of carbonyl (C=O) groups excluding carboxylic acids is 1. The molecule has 1 amide bonds. The van der Waals surface area contributed by atoms with Gasteiger partial charge in [-0.05, 0) is 6.92 Å². The van der Waals surface area contributed by atoms with Gasteiger partial charge in [-0.1, -0.05) is 6.58 Å². The standard InChI is InChI=1S/C9H9N5O/c1-5(2)8(15)14-9-12-6-3-10-4-11-7(6)13-9/h3-4H,1H2,2H3,(H2,10,11,12,13,14,15). The van der Waals surface area contributed by atoms with Gasteiger partial charge in [0, 0.05) is 5.57 Å². The van der Waals surface area contributed by atoms with Crippen LogP contribution in [-0.2, 0) is 4.79 Å². The van der Waals surface area contributed by atoms with E-state index in [1.807, 2.05) is 0 Å². The summed E-state index contributed by atoms with van der Waals surface area (Å²) in [5.74, 6) is 0.0699. The second kappa shape index (κ2) is 3.49. The highest BCUT2D eigenvalue weighted by atomic mass is 16.1. The zero-order valence-electron chi connectivity index (χ0n) is 8.11. The maximum absolute atomic E-state index is 11.3. The van der Waals surface area contributed by atoms with E-state index in [-0.39, 0.29) is 5.91 Å². The van der Waals surface area contributed by atoms with E-state index >= 15 is 0 Å². The molecule has 0 bridgehead atoms. The summed E-state index contributed by atoms with van der Waals surface area (Å²) in [7, 11) is 0. The Morgan fingerprint density at radius 1 is 1.60 bits per heavy atom. The molecule has 0 saturated heterocycles. The number of nitrogens with zero attached hydrogens (tertiary/aromatic N) is 3. The number of carbonyl (C=O) groups is 1. The van der Waals surface area contributed by atoms with Crippen molar-refractivity contribution >= 4 is 23.0 Å². The minimum atomic E-state index is -0.276. The van der Waals surface area contributed by atoms with E-state index in [0.717, 1.165) is 0 Å². The van der Waals surface area contributed by atoms with Gasteiger partial charge in [0.2, 0.25) is 5.95 Å². The fourth-order valence-corrected chi connectivity index (χ4v) is 1.03. The van der Waals surface area contributed by atoms with Gasteiger partial charge in [0.25, 0.3) is 5.91 Å². The van der Waals surface area contributed by atoms with Gasteiger partial charge >= 0.3 is 0 Å². The predicted molar refractivity (Wildman–Crippen MR) is 55.1 cm³/mol. The predicted octanol–water partition coefficient (Wildman–Crippen LogP) is 0.867. The molecule has 0 spiro atoms. The first-order valence-electron chi connectivity index (χ1n) is 4.29. The van der Waals surface area contributed by atoms with E-state index in [0.29, 0.717) is 22.7 Å². The van der Waals surface area contributed by atoms with Crippen LogP contribution in [-0.4, -0.2) is 25.8 Å². The maximum atomic E-state index is 11.3. The normalized spacial score (nSPS) is 10.2. The van der Waals surface area contributed by atoms with Gasteiger partial charge in [-0.2, -0.15) is 0 Å². The molecule has 0 aliphatic rings. The summed E-state index contributed by atoms with van der Waals surface area (Å²) < 4.78 is 0. The van der Waals surface area contributed by atoms with Crippen LogP contribution in [0.25, 0.3) is 11.2 Å². The number of hydrogen-bond acceptors (Lipinski definition) is 4. The van der Waals surface area contributed by atoms with Crippen molar-refractivity contribution in [3.8, 4) is 0 Å². The molecule has 2 aromatic heterocycles. The summed E-state index contributed by atoms with van der Waals surface area (Å²) in [4.78, 5) is 26.0. The first-order valence-corrected chi connectivity index (χ1v) is 4.29. The van der Waals surface area contributed by atoms with Crippen molar-refractivity contribution in [1.29, 1.82) is 0 Å². The molecular formula is C9H9N5O. The number of amides is 1. The molecule has 2 rings (SSSR count). The van der Waals surface area contributed by atoms with Gasteiger partial charge in [0.15, 0.2) is 5.65 Å². The van der Waals surface area contributed by atoms with E-state index in [1.54, 1.807) is 13.1 Å². The van der Waals surface area contributed by atoms with E-state index in [2.05, 4.69) is 31.8 Å². The van der Waals surface area contributed by atoms with Gasteiger partial charge in [-0.15, -0.1) is 0 Å². The molecule has 0 aliphatic heterocycles. The van der Waals surface area contributed by atoms with Crippen molar-refractivity contribution in [3.63, 3.8) is 0 Å². The highest BCUT2D eigenvalue weighted by molar-refractivity contribution is 6.02. The molecule has 0 atom stereocenters. The second-order valence-electron chi connectivity index (χ2n) is 3.08. The molecule has 6 heteroatoms. The molecule has 2 N–H and O–H groups in total. The average molecular weight is 203 g/mol. The molecule has 0 aromatic carbocycles. The lowest BCUT2D eigenvalue weighted by atomic mass is 10.3. The lowest BCUT2D eigenvalue weighted by molar-refractivity contribution is -0.112. The highest BCUT2D eigenvalue weighted by Gasteiger charge is 2.07. The van der Waals surface area contributed by atoms with Crippen LogP contribution in [0.3, 0.4) is 0 Å².